The number of nitrogens with zero attached hydrogens (tertiary/aromatic N) is 4. The minimum absolute atomic E-state index is 0. The van der Waals surface area contributed by atoms with Gasteiger partial charge in [0.15, 0.2) is 17.7 Å². The first-order chi connectivity index (χ1) is 10.5. The summed E-state index contributed by atoms with van der Waals surface area (Å²) in [5, 5.41) is 20.0. The molecule has 2 aromatic heterocycles. The fourth-order valence-corrected chi connectivity index (χ4v) is 2.56. The molecule has 0 saturated carbocycles. The van der Waals surface area contributed by atoms with Crippen LogP contribution in [0.1, 0.15) is 6.23 Å². The molecule has 126 valence electrons. The lowest BCUT2D eigenvalue weighted by Gasteiger charge is -2.16. The van der Waals surface area contributed by atoms with Crippen molar-refractivity contribution in [3.8, 4) is 0 Å². The number of aliphatic hydroxyl groups is 2. The average Bonchev–Trinajstić information content (AvgIpc) is 3.01. The van der Waals surface area contributed by atoms with E-state index in [9.17, 15) is 14.8 Å². The minimum Gasteiger partial charge on any atom is -0.412 e. The zero-order chi connectivity index (χ0) is 15.9. The zero-order valence-corrected chi connectivity index (χ0v) is 12.4. The van der Waals surface area contributed by atoms with Gasteiger partial charge in [-0.3, -0.25) is 4.57 Å². The molecule has 12 nitrogen and oxygen atoms in total. The maximum Gasteiger partial charge on any atom is 0.694 e. The Morgan fingerprint density at radius 1 is 1.35 bits per heavy atom. The lowest BCUT2D eigenvalue weighted by atomic mass is 10.1. The third-order valence-corrected chi connectivity index (χ3v) is 3.72. The Bertz CT molecular complexity index is 712. The molecule has 1 fully saturated rings. The normalized spacial score (nSPS) is 27.9. The molecular formula is C10H15N5O7P+. The van der Waals surface area contributed by atoms with Crippen LogP contribution in [0.15, 0.2) is 12.7 Å². The van der Waals surface area contributed by atoms with Crippen molar-refractivity contribution >= 4 is 25.2 Å². The summed E-state index contributed by atoms with van der Waals surface area (Å²) >= 11 is 0. The monoisotopic (exact) mass is 348 g/mol. The highest BCUT2D eigenvalue weighted by Crippen LogP contribution is 2.33. The van der Waals surface area contributed by atoms with E-state index < -0.39 is 32.8 Å². The molecule has 23 heavy (non-hydrogen) atoms. The molecule has 0 radical (unpaired) electrons. The summed E-state index contributed by atoms with van der Waals surface area (Å²) in [6.07, 6.45) is -1.95. The van der Waals surface area contributed by atoms with Crippen molar-refractivity contribution in [2.45, 2.75) is 24.5 Å². The largest absolute Gasteiger partial charge is 0.694 e. The van der Waals surface area contributed by atoms with Gasteiger partial charge in [0.25, 0.3) is 0 Å². The molecule has 1 unspecified atom stereocenters. The van der Waals surface area contributed by atoms with Crippen LogP contribution in [0.2, 0.25) is 0 Å². The summed E-state index contributed by atoms with van der Waals surface area (Å²) in [5.74, 6) is 0.175. The van der Waals surface area contributed by atoms with Gasteiger partial charge >= 0.3 is 8.25 Å². The molecule has 1 aliphatic rings. The first kappa shape index (κ1) is 17.6. The van der Waals surface area contributed by atoms with Crippen LogP contribution in [0.3, 0.4) is 0 Å². The SMILES string of the molecule is Nc1ncnc2c1ncn2[C@@H]1O[C@H](CO[P+](=O)O)[C@@H](O)[C@H]1O.O. The van der Waals surface area contributed by atoms with Crippen LogP contribution in [0, 0.1) is 0 Å². The number of ether oxygens (including phenoxy) is 1. The van der Waals surface area contributed by atoms with E-state index in [-0.39, 0.29) is 17.9 Å². The van der Waals surface area contributed by atoms with Crippen molar-refractivity contribution in [3.63, 3.8) is 0 Å². The number of rotatable bonds is 4. The standard InChI is InChI=1S/C10H12N5O6P.H2O/c11-8-5-9(13-2-12-8)15(3-14-5)10-7(17)6(16)4(21-10)1-20-22(18)19;/h2-4,6-7,10,16-17H,1H2,(H2-,11,12,13,18,19);1H2/p+1/t4-,6-,7-,10-;/m1./s1. The summed E-state index contributed by atoms with van der Waals surface area (Å²) in [6, 6.07) is 0. The van der Waals surface area contributed by atoms with Gasteiger partial charge in [0, 0.05) is 4.57 Å². The summed E-state index contributed by atoms with van der Waals surface area (Å²) in [4.78, 5) is 20.5. The number of nitrogen functional groups attached to an aromatic ring is 1. The Labute approximate surface area is 129 Å². The molecule has 0 amide bonds. The molecule has 0 bridgehead atoms. The lowest BCUT2D eigenvalue weighted by molar-refractivity contribution is -0.0476. The van der Waals surface area contributed by atoms with Crippen LogP contribution in [0.4, 0.5) is 5.82 Å². The van der Waals surface area contributed by atoms with Crippen LogP contribution in [0.25, 0.3) is 11.2 Å². The third-order valence-electron chi connectivity index (χ3n) is 3.35. The lowest BCUT2D eigenvalue weighted by Crippen LogP contribution is -2.33. The Balaban J connectivity index is 0.00000192. The van der Waals surface area contributed by atoms with Gasteiger partial charge in [0.2, 0.25) is 0 Å². The van der Waals surface area contributed by atoms with Gasteiger partial charge in [-0.15, -0.1) is 9.42 Å². The number of imidazole rings is 1. The molecule has 2 aromatic rings. The number of nitrogens with two attached hydrogens (primary N) is 1. The topological polar surface area (TPSA) is 197 Å². The van der Waals surface area contributed by atoms with E-state index in [2.05, 4.69) is 19.5 Å². The van der Waals surface area contributed by atoms with Crippen LogP contribution < -0.4 is 5.73 Å². The second kappa shape index (κ2) is 6.76. The quantitative estimate of drug-likeness (QED) is 0.442. The van der Waals surface area contributed by atoms with Crippen LogP contribution >= 0.6 is 8.25 Å². The highest BCUT2D eigenvalue weighted by Gasteiger charge is 2.45. The Kier molecular flexibility index (Phi) is 5.16. The highest BCUT2D eigenvalue weighted by molar-refractivity contribution is 7.32. The predicted octanol–water partition coefficient (Wildman–Crippen LogP) is -2.13. The summed E-state index contributed by atoms with van der Waals surface area (Å²) in [6.45, 7) is -0.343. The molecule has 7 N–H and O–H groups in total. The van der Waals surface area contributed by atoms with Crippen LogP contribution in [0.5, 0.6) is 0 Å². The van der Waals surface area contributed by atoms with Crippen molar-refractivity contribution in [2.75, 3.05) is 12.3 Å². The van der Waals surface area contributed by atoms with E-state index in [1.54, 1.807) is 0 Å². The smallest absolute Gasteiger partial charge is 0.412 e. The van der Waals surface area contributed by atoms with E-state index in [0.29, 0.717) is 11.2 Å². The first-order valence-corrected chi connectivity index (χ1v) is 7.35. The molecule has 1 saturated heterocycles. The minimum atomic E-state index is -2.82. The zero-order valence-electron chi connectivity index (χ0n) is 11.6. The molecule has 0 spiro atoms. The number of aliphatic hydroxyl groups excluding tert-OH is 2. The van der Waals surface area contributed by atoms with E-state index in [1.165, 1.54) is 17.2 Å². The van der Waals surface area contributed by atoms with Gasteiger partial charge in [0.1, 0.15) is 36.8 Å². The molecule has 5 atom stereocenters. The summed E-state index contributed by atoms with van der Waals surface area (Å²) in [7, 11) is -2.82. The molecule has 0 aliphatic carbocycles. The van der Waals surface area contributed by atoms with E-state index in [0.717, 1.165) is 0 Å². The van der Waals surface area contributed by atoms with Crippen molar-refractivity contribution in [1.82, 2.24) is 19.5 Å². The van der Waals surface area contributed by atoms with Gasteiger partial charge in [-0.1, -0.05) is 0 Å². The second-order valence-electron chi connectivity index (χ2n) is 4.66. The Hall–Kier alpha value is -1.79. The van der Waals surface area contributed by atoms with Crippen molar-refractivity contribution < 1.29 is 34.4 Å². The van der Waals surface area contributed by atoms with Gasteiger partial charge in [-0.2, -0.15) is 0 Å². The second-order valence-corrected chi connectivity index (χ2v) is 5.40. The molecule has 13 heteroatoms. The third kappa shape index (κ3) is 3.14. The first-order valence-electron chi connectivity index (χ1n) is 6.22. The van der Waals surface area contributed by atoms with Crippen molar-refractivity contribution in [2.24, 2.45) is 0 Å². The van der Waals surface area contributed by atoms with Gasteiger partial charge in [-0.05, 0) is 0 Å². The van der Waals surface area contributed by atoms with Crippen LogP contribution in [-0.4, -0.2) is 65.0 Å². The predicted molar refractivity (Wildman–Crippen MR) is 75.1 cm³/mol. The molecular weight excluding hydrogens is 333 g/mol. The number of hydrogen-bond donors (Lipinski definition) is 4. The fourth-order valence-electron chi connectivity index (χ4n) is 2.29. The molecule has 3 rings (SSSR count). The van der Waals surface area contributed by atoms with Crippen molar-refractivity contribution in [1.29, 1.82) is 0 Å². The highest BCUT2D eigenvalue weighted by atomic mass is 31.1. The fraction of sp³-hybridized carbons (Fsp3) is 0.500. The maximum atomic E-state index is 10.5. The number of fused-ring (bicyclic) bond motifs is 1. The Morgan fingerprint density at radius 2 is 2.09 bits per heavy atom. The van der Waals surface area contributed by atoms with Crippen molar-refractivity contribution in [3.05, 3.63) is 12.7 Å². The Morgan fingerprint density at radius 3 is 2.78 bits per heavy atom. The molecule has 0 aromatic carbocycles. The van der Waals surface area contributed by atoms with Gasteiger partial charge in [0.05, 0.1) is 6.33 Å². The number of anilines is 1. The van der Waals surface area contributed by atoms with E-state index >= 15 is 0 Å². The maximum absolute atomic E-state index is 10.5. The summed E-state index contributed by atoms with van der Waals surface area (Å²) in [5.41, 5.74) is 6.35. The number of hydrogen-bond acceptors (Lipinski definition) is 9. The summed E-state index contributed by atoms with van der Waals surface area (Å²) < 4.78 is 22.0. The average molecular weight is 348 g/mol. The molecule has 3 heterocycles. The van der Waals surface area contributed by atoms with Gasteiger partial charge in [-0.25, -0.2) is 15.0 Å². The van der Waals surface area contributed by atoms with Gasteiger partial charge < -0.3 is 26.2 Å². The number of aromatic nitrogens is 4. The molecule has 1 aliphatic heterocycles. The van der Waals surface area contributed by atoms with E-state index in [4.69, 9.17) is 15.4 Å². The van der Waals surface area contributed by atoms with E-state index in [1.807, 2.05) is 0 Å². The van der Waals surface area contributed by atoms with Crippen LogP contribution in [-0.2, 0) is 13.8 Å².